The van der Waals surface area contributed by atoms with Gasteiger partial charge in [-0.25, -0.2) is 0 Å². The molecule has 0 heterocycles. The fraction of sp³-hybridized carbons (Fsp3) is 0.267. The number of ketones is 2. The molecule has 3 nitrogen and oxygen atoms in total. The molecule has 0 saturated heterocycles. The van der Waals surface area contributed by atoms with Crippen LogP contribution >= 0.6 is 12.6 Å². The Labute approximate surface area is 117 Å². The summed E-state index contributed by atoms with van der Waals surface area (Å²) in [6.45, 7) is 6.69. The van der Waals surface area contributed by atoms with E-state index in [2.05, 4.69) is 12.6 Å². The van der Waals surface area contributed by atoms with E-state index in [1.165, 1.54) is 0 Å². The molecule has 1 aromatic rings. The van der Waals surface area contributed by atoms with E-state index >= 15 is 0 Å². The van der Waals surface area contributed by atoms with Crippen molar-refractivity contribution in [3.05, 3.63) is 39.0 Å². The molecule has 0 fully saturated rings. The van der Waals surface area contributed by atoms with Crippen molar-refractivity contribution in [1.29, 1.82) is 0 Å². The lowest BCUT2D eigenvalue weighted by Crippen LogP contribution is -2.23. The van der Waals surface area contributed by atoms with E-state index < -0.39 is 0 Å². The maximum Gasteiger partial charge on any atom is 0.190 e. The highest BCUT2D eigenvalue weighted by Crippen LogP contribution is 2.35. The number of thiol groups is 1. The van der Waals surface area contributed by atoms with Gasteiger partial charge in [-0.2, -0.15) is 0 Å². The highest BCUT2D eigenvalue weighted by Gasteiger charge is 2.32. The molecular formula is C15H14O3S. The second-order valence-electron chi connectivity index (χ2n) is 4.79. The minimum atomic E-state index is -0.177. The Hall–Kier alpha value is -1.68. The zero-order chi connectivity index (χ0) is 14.5. The number of fused-ring (bicyclic) bond motifs is 1. The Bertz CT molecular complexity index is 681. The van der Waals surface area contributed by atoms with E-state index in [0.717, 1.165) is 0 Å². The second kappa shape index (κ2) is 4.46. The van der Waals surface area contributed by atoms with Crippen LogP contribution in [0.25, 0.3) is 0 Å². The van der Waals surface area contributed by atoms with E-state index in [4.69, 9.17) is 0 Å². The molecule has 0 aromatic heterocycles. The number of aldehydes is 1. The van der Waals surface area contributed by atoms with Gasteiger partial charge in [0.05, 0.1) is 0 Å². The van der Waals surface area contributed by atoms with Crippen molar-refractivity contribution >= 4 is 30.5 Å². The molecular weight excluding hydrogens is 260 g/mol. The SMILES string of the molecule is CC1=C(C)C(=O)c2c(C)c(C=O)c(S)c(C)c2C1=O. The molecule has 1 aliphatic rings. The van der Waals surface area contributed by atoms with Crippen molar-refractivity contribution < 1.29 is 14.4 Å². The summed E-state index contributed by atoms with van der Waals surface area (Å²) in [5, 5.41) is 0. The Morgan fingerprint density at radius 3 is 1.68 bits per heavy atom. The maximum atomic E-state index is 12.4. The summed E-state index contributed by atoms with van der Waals surface area (Å²) in [5.41, 5.74) is 3.16. The van der Waals surface area contributed by atoms with Crippen LogP contribution in [0.5, 0.6) is 0 Å². The maximum absolute atomic E-state index is 12.4. The van der Waals surface area contributed by atoms with Gasteiger partial charge in [-0.3, -0.25) is 14.4 Å². The van der Waals surface area contributed by atoms with Gasteiger partial charge >= 0.3 is 0 Å². The molecule has 2 rings (SSSR count). The van der Waals surface area contributed by atoms with Gasteiger partial charge in [-0.15, -0.1) is 12.6 Å². The van der Waals surface area contributed by atoms with E-state index in [1.54, 1.807) is 27.7 Å². The molecule has 0 saturated carbocycles. The highest BCUT2D eigenvalue weighted by atomic mass is 32.1. The van der Waals surface area contributed by atoms with Crippen LogP contribution in [0.1, 0.15) is 56.0 Å². The third-order valence-corrected chi connectivity index (χ3v) is 4.41. The summed E-state index contributed by atoms with van der Waals surface area (Å²) >= 11 is 4.31. The number of benzene rings is 1. The first-order chi connectivity index (χ1) is 8.82. The lowest BCUT2D eigenvalue weighted by Gasteiger charge is -2.23. The van der Waals surface area contributed by atoms with Gasteiger partial charge < -0.3 is 0 Å². The van der Waals surface area contributed by atoms with Gasteiger partial charge in [-0.1, -0.05) is 0 Å². The van der Waals surface area contributed by atoms with E-state index in [0.29, 0.717) is 50.1 Å². The number of rotatable bonds is 1. The summed E-state index contributed by atoms with van der Waals surface area (Å²) < 4.78 is 0. The normalized spacial score (nSPS) is 14.8. The molecule has 0 bridgehead atoms. The van der Waals surface area contributed by atoms with Crippen LogP contribution in [0.4, 0.5) is 0 Å². The average Bonchev–Trinajstić information content (AvgIpc) is 2.38. The van der Waals surface area contributed by atoms with E-state index in [9.17, 15) is 14.4 Å². The van der Waals surface area contributed by atoms with E-state index in [-0.39, 0.29) is 11.6 Å². The molecule has 1 aromatic carbocycles. The molecule has 0 N–H and O–H groups in total. The Morgan fingerprint density at radius 2 is 1.26 bits per heavy atom. The average molecular weight is 274 g/mol. The fourth-order valence-corrected chi connectivity index (χ4v) is 2.77. The van der Waals surface area contributed by atoms with Gasteiger partial charge in [0.15, 0.2) is 17.9 Å². The first-order valence-corrected chi connectivity index (χ1v) is 6.35. The standard InChI is InChI=1S/C15H14O3S/c1-6-7(2)14(18)12-9(4)15(19)10(5-16)8(3)11(12)13(6)17/h5,19H,1-4H3. The van der Waals surface area contributed by atoms with Crippen LogP contribution < -0.4 is 0 Å². The summed E-state index contributed by atoms with van der Waals surface area (Å²) in [6.07, 6.45) is 0.684. The number of carbonyl (C=O) groups is 3. The van der Waals surface area contributed by atoms with Crippen molar-refractivity contribution in [2.24, 2.45) is 0 Å². The molecule has 19 heavy (non-hydrogen) atoms. The van der Waals surface area contributed by atoms with Crippen LogP contribution in [0.3, 0.4) is 0 Å². The lowest BCUT2D eigenvalue weighted by atomic mass is 9.79. The summed E-state index contributed by atoms with van der Waals surface area (Å²) in [6, 6.07) is 0. The van der Waals surface area contributed by atoms with Gasteiger partial charge in [0.25, 0.3) is 0 Å². The van der Waals surface area contributed by atoms with Crippen molar-refractivity contribution in [3.8, 4) is 0 Å². The number of Topliss-reactive ketones (excluding diaryl/α,β-unsaturated/α-hetero) is 2. The van der Waals surface area contributed by atoms with Gasteiger partial charge in [0.2, 0.25) is 0 Å². The smallest absolute Gasteiger partial charge is 0.190 e. The number of carbonyl (C=O) groups excluding carboxylic acids is 3. The zero-order valence-corrected chi connectivity index (χ0v) is 12.1. The molecule has 1 aliphatic carbocycles. The molecule has 0 amide bonds. The lowest BCUT2D eigenvalue weighted by molar-refractivity contribution is 0.0973. The van der Waals surface area contributed by atoms with Gasteiger partial charge in [-0.05, 0) is 38.8 Å². The number of hydrogen-bond acceptors (Lipinski definition) is 4. The van der Waals surface area contributed by atoms with Crippen molar-refractivity contribution in [2.45, 2.75) is 32.6 Å². The Kier molecular flexibility index (Phi) is 3.22. The monoisotopic (exact) mass is 274 g/mol. The molecule has 0 unspecified atom stereocenters. The molecule has 98 valence electrons. The van der Waals surface area contributed by atoms with Crippen LogP contribution in [0.2, 0.25) is 0 Å². The zero-order valence-electron chi connectivity index (χ0n) is 11.2. The quantitative estimate of drug-likeness (QED) is 0.632. The van der Waals surface area contributed by atoms with Crippen LogP contribution in [0.15, 0.2) is 16.0 Å². The number of allylic oxidation sites excluding steroid dienone is 2. The topological polar surface area (TPSA) is 51.2 Å². The van der Waals surface area contributed by atoms with E-state index in [1.807, 2.05) is 0 Å². The van der Waals surface area contributed by atoms with Crippen LogP contribution in [0, 0.1) is 13.8 Å². The summed E-state index contributed by atoms with van der Waals surface area (Å²) in [5.74, 6) is -0.329. The molecule has 0 spiro atoms. The highest BCUT2D eigenvalue weighted by molar-refractivity contribution is 7.80. The minimum absolute atomic E-state index is 0.152. The summed E-state index contributed by atoms with van der Waals surface area (Å²) in [4.78, 5) is 36.4. The van der Waals surface area contributed by atoms with Crippen LogP contribution in [-0.4, -0.2) is 17.9 Å². The molecule has 4 heteroatoms. The largest absolute Gasteiger partial charge is 0.298 e. The molecule has 0 atom stereocenters. The fourth-order valence-electron chi connectivity index (χ4n) is 2.44. The van der Waals surface area contributed by atoms with Gasteiger partial charge in [0.1, 0.15) is 0 Å². The predicted octanol–water partition coefficient (Wildman–Crippen LogP) is 3.12. The Morgan fingerprint density at radius 1 is 0.842 bits per heavy atom. The van der Waals surface area contributed by atoms with Crippen molar-refractivity contribution in [2.75, 3.05) is 0 Å². The minimum Gasteiger partial charge on any atom is -0.298 e. The predicted molar refractivity (Wildman–Crippen MR) is 75.6 cm³/mol. The van der Waals surface area contributed by atoms with Crippen molar-refractivity contribution in [3.63, 3.8) is 0 Å². The third-order valence-electron chi connectivity index (χ3n) is 3.83. The Balaban J connectivity index is 2.98. The number of hydrogen-bond donors (Lipinski definition) is 1. The van der Waals surface area contributed by atoms with Crippen LogP contribution in [-0.2, 0) is 0 Å². The van der Waals surface area contributed by atoms with Gasteiger partial charge in [0, 0.05) is 32.7 Å². The molecule has 0 radical (unpaired) electrons. The molecule has 0 aliphatic heterocycles. The first kappa shape index (κ1) is 13.7. The third kappa shape index (κ3) is 1.70. The second-order valence-corrected chi connectivity index (χ2v) is 5.24. The summed E-state index contributed by atoms with van der Waals surface area (Å²) in [7, 11) is 0. The first-order valence-electron chi connectivity index (χ1n) is 5.91. The van der Waals surface area contributed by atoms with Crippen molar-refractivity contribution in [1.82, 2.24) is 0 Å².